The Morgan fingerprint density at radius 2 is 2.17 bits per heavy atom. The maximum atomic E-state index is 10.0. The van der Waals surface area contributed by atoms with Crippen molar-refractivity contribution >= 4 is 28.3 Å². The first-order chi connectivity index (χ1) is 5.75. The summed E-state index contributed by atoms with van der Waals surface area (Å²) in [5, 5.41) is 9.23. The first kappa shape index (κ1) is 9.00. The molecule has 0 radical (unpaired) electrons. The average Bonchev–Trinajstić information content (AvgIpc) is 2.08. The number of aromatic hydroxyl groups is 1. The number of phenols is 1. The van der Waals surface area contributed by atoms with Crippen LogP contribution in [0.5, 0.6) is 5.75 Å². The molecule has 2 nitrogen and oxygen atoms in total. The van der Waals surface area contributed by atoms with Crippen molar-refractivity contribution < 1.29 is 9.90 Å². The molecule has 0 bridgehead atoms. The summed E-state index contributed by atoms with van der Waals surface area (Å²) in [4.78, 5) is 10.0. The molecule has 0 spiro atoms. The summed E-state index contributed by atoms with van der Waals surface area (Å²) >= 11 is 3.19. The minimum atomic E-state index is 0.169. The van der Waals surface area contributed by atoms with E-state index in [1.165, 1.54) is 6.08 Å². The number of rotatable bonds is 2. The Hall–Kier alpha value is -1.09. The summed E-state index contributed by atoms with van der Waals surface area (Å²) < 4.78 is 0.600. The van der Waals surface area contributed by atoms with Crippen molar-refractivity contribution in [1.82, 2.24) is 0 Å². The topological polar surface area (TPSA) is 37.3 Å². The highest BCUT2D eigenvalue weighted by Crippen LogP contribution is 2.27. The molecule has 12 heavy (non-hydrogen) atoms. The number of hydrogen-bond donors (Lipinski definition) is 1. The van der Waals surface area contributed by atoms with Gasteiger partial charge in [0.15, 0.2) is 0 Å². The molecule has 3 heteroatoms. The summed E-state index contributed by atoms with van der Waals surface area (Å²) in [6.07, 6.45) is 3.69. The second-order valence-corrected chi connectivity index (χ2v) is 2.97. The van der Waals surface area contributed by atoms with Crippen LogP contribution in [0.3, 0.4) is 0 Å². The molecule has 0 aliphatic carbocycles. The van der Waals surface area contributed by atoms with Crippen LogP contribution in [0, 0.1) is 0 Å². The molecule has 0 aliphatic rings. The van der Waals surface area contributed by atoms with Crippen LogP contribution < -0.4 is 0 Å². The van der Waals surface area contributed by atoms with Crippen LogP contribution in [0.15, 0.2) is 28.7 Å². The average molecular weight is 227 g/mol. The van der Waals surface area contributed by atoms with Gasteiger partial charge in [0.25, 0.3) is 0 Å². The van der Waals surface area contributed by atoms with Gasteiger partial charge in [-0.1, -0.05) is 18.2 Å². The van der Waals surface area contributed by atoms with Crippen molar-refractivity contribution in [3.05, 3.63) is 34.3 Å². The minimum Gasteiger partial charge on any atom is -0.507 e. The molecular weight excluding hydrogens is 220 g/mol. The standard InChI is InChI=1S/C9H7BrO2/c10-9-7(4-2-6-11)3-1-5-8(9)12/h1-6,12H. The lowest BCUT2D eigenvalue weighted by molar-refractivity contribution is -0.104. The van der Waals surface area contributed by atoms with E-state index in [9.17, 15) is 9.90 Å². The molecule has 0 heterocycles. The first-order valence-electron chi connectivity index (χ1n) is 3.35. The Balaban J connectivity index is 3.07. The molecule has 0 atom stereocenters. The van der Waals surface area contributed by atoms with Crippen molar-refractivity contribution in [2.75, 3.05) is 0 Å². The Labute approximate surface area is 78.7 Å². The summed E-state index contributed by atoms with van der Waals surface area (Å²) in [7, 11) is 0. The highest BCUT2D eigenvalue weighted by atomic mass is 79.9. The molecule has 0 fully saturated rings. The van der Waals surface area contributed by atoms with Gasteiger partial charge in [0.2, 0.25) is 0 Å². The van der Waals surface area contributed by atoms with Gasteiger partial charge in [-0.15, -0.1) is 0 Å². The molecule has 1 rings (SSSR count). The SMILES string of the molecule is O=CC=Cc1cccc(O)c1Br. The van der Waals surface area contributed by atoms with Crippen molar-refractivity contribution in [3.8, 4) is 5.75 Å². The van der Waals surface area contributed by atoms with Crippen molar-refractivity contribution in [2.45, 2.75) is 0 Å². The van der Waals surface area contributed by atoms with Crippen molar-refractivity contribution in [3.63, 3.8) is 0 Å². The quantitative estimate of drug-likeness (QED) is 0.622. The van der Waals surface area contributed by atoms with Crippen molar-refractivity contribution in [1.29, 1.82) is 0 Å². The van der Waals surface area contributed by atoms with Crippen LogP contribution in [0.4, 0.5) is 0 Å². The van der Waals surface area contributed by atoms with E-state index >= 15 is 0 Å². The summed E-state index contributed by atoms with van der Waals surface area (Å²) in [6, 6.07) is 5.08. The fraction of sp³-hybridized carbons (Fsp3) is 0. The molecule has 1 N–H and O–H groups in total. The van der Waals surface area contributed by atoms with Gasteiger partial charge in [0, 0.05) is 0 Å². The Kier molecular flexibility index (Phi) is 3.05. The lowest BCUT2D eigenvalue weighted by Crippen LogP contribution is -1.75. The molecule has 62 valence electrons. The number of allylic oxidation sites excluding steroid dienone is 1. The second-order valence-electron chi connectivity index (χ2n) is 2.18. The number of halogens is 1. The van der Waals surface area contributed by atoms with E-state index in [2.05, 4.69) is 15.9 Å². The van der Waals surface area contributed by atoms with Gasteiger partial charge in [0.1, 0.15) is 12.0 Å². The van der Waals surface area contributed by atoms with E-state index in [1.807, 2.05) is 0 Å². The number of carbonyl (C=O) groups excluding carboxylic acids is 1. The van der Waals surface area contributed by atoms with Gasteiger partial charge in [-0.05, 0) is 33.6 Å². The predicted molar refractivity (Wildman–Crippen MR) is 50.9 cm³/mol. The van der Waals surface area contributed by atoms with E-state index in [0.717, 1.165) is 5.56 Å². The molecule has 0 saturated carbocycles. The maximum absolute atomic E-state index is 10.0. The number of benzene rings is 1. The summed E-state index contributed by atoms with van der Waals surface area (Å²) in [6.45, 7) is 0. The molecule has 0 aromatic heterocycles. The minimum absolute atomic E-state index is 0.169. The Bertz CT molecular complexity index is 318. The van der Waals surface area contributed by atoms with Crippen LogP contribution in [0.2, 0.25) is 0 Å². The summed E-state index contributed by atoms with van der Waals surface area (Å²) in [5.74, 6) is 0.169. The maximum Gasteiger partial charge on any atom is 0.142 e. The van der Waals surface area contributed by atoms with Crippen LogP contribution in [0.1, 0.15) is 5.56 Å². The second kappa shape index (κ2) is 4.07. The normalized spacial score (nSPS) is 10.4. The van der Waals surface area contributed by atoms with Crippen molar-refractivity contribution in [2.24, 2.45) is 0 Å². The number of aldehydes is 1. The summed E-state index contributed by atoms with van der Waals surface area (Å²) in [5.41, 5.74) is 0.780. The zero-order valence-electron chi connectivity index (χ0n) is 6.20. The van der Waals surface area contributed by atoms with Gasteiger partial charge < -0.3 is 5.11 Å². The van der Waals surface area contributed by atoms with Crippen LogP contribution in [-0.2, 0) is 4.79 Å². The Morgan fingerprint density at radius 1 is 1.42 bits per heavy atom. The number of phenolic OH excluding ortho intramolecular Hbond substituents is 1. The molecule has 1 aromatic carbocycles. The fourth-order valence-corrected chi connectivity index (χ4v) is 1.21. The smallest absolute Gasteiger partial charge is 0.142 e. The third kappa shape index (κ3) is 1.95. The molecular formula is C9H7BrO2. The van der Waals surface area contributed by atoms with Gasteiger partial charge in [-0.25, -0.2) is 0 Å². The van der Waals surface area contributed by atoms with Gasteiger partial charge in [-0.2, -0.15) is 0 Å². The van der Waals surface area contributed by atoms with Gasteiger partial charge >= 0.3 is 0 Å². The van der Waals surface area contributed by atoms with Crippen LogP contribution in [-0.4, -0.2) is 11.4 Å². The lowest BCUT2D eigenvalue weighted by atomic mass is 10.2. The predicted octanol–water partition coefficient (Wildman–Crippen LogP) is 2.37. The van der Waals surface area contributed by atoms with Crippen LogP contribution in [0.25, 0.3) is 6.08 Å². The van der Waals surface area contributed by atoms with Gasteiger partial charge in [0.05, 0.1) is 4.47 Å². The lowest BCUT2D eigenvalue weighted by Gasteiger charge is -1.99. The fourth-order valence-electron chi connectivity index (χ4n) is 0.809. The van der Waals surface area contributed by atoms with Gasteiger partial charge in [-0.3, -0.25) is 4.79 Å². The van der Waals surface area contributed by atoms with E-state index in [0.29, 0.717) is 10.8 Å². The molecule has 0 aliphatic heterocycles. The van der Waals surface area contributed by atoms with Crippen LogP contribution >= 0.6 is 15.9 Å². The third-order valence-electron chi connectivity index (χ3n) is 1.36. The molecule has 1 aromatic rings. The monoisotopic (exact) mass is 226 g/mol. The molecule has 0 saturated heterocycles. The largest absolute Gasteiger partial charge is 0.507 e. The van der Waals surface area contributed by atoms with E-state index in [1.54, 1.807) is 24.3 Å². The highest BCUT2D eigenvalue weighted by Gasteiger charge is 1.99. The Morgan fingerprint density at radius 3 is 2.83 bits per heavy atom. The number of hydrogen-bond acceptors (Lipinski definition) is 2. The third-order valence-corrected chi connectivity index (χ3v) is 2.23. The van der Waals surface area contributed by atoms with E-state index in [4.69, 9.17) is 0 Å². The first-order valence-corrected chi connectivity index (χ1v) is 4.14. The van der Waals surface area contributed by atoms with E-state index in [-0.39, 0.29) is 5.75 Å². The molecule has 0 amide bonds. The zero-order chi connectivity index (χ0) is 8.97. The zero-order valence-corrected chi connectivity index (χ0v) is 7.78. The van der Waals surface area contributed by atoms with E-state index < -0.39 is 0 Å². The molecule has 0 unspecified atom stereocenters. The highest BCUT2D eigenvalue weighted by molar-refractivity contribution is 9.10. The number of carbonyl (C=O) groups is 1.